The zero-order valence-electron chi connectivity index (χ0n) is 19.4. The molecule has 3 aliphatic rings. The average molecular weight is 458 g/mol. The predicted molar refractivity (Wildman–Crippen MR) is 125 cm³/mol. The van der Waals surface area contributed by atoms with Crippen molar-refractivity contribution in [3.8, 4) is 17.2 Å². The first-order valence-electron chi connectivity index (χ1n) is 11.7. The van der Waals surface area contributed by atoms with E-state index in [-0.39, 0.29) is 17.9 Å². The topological polar surface area (TPSA) is 92.2 Å². The highest BCUT2D eigenvalue weighted by molar-refractivity contribution is 5.78. The first kappa shape index (κ1) is 20.9. The van der Waals surface area contributed by atoms with Gasteiger partial charge in [-0.2, -0.15) is 15.5 Å². The molecule has 3 aromatic rings. The van der Waals surface area contributed by atoms with Gasteiger partial charge in [-0.3, -0.25) is 14.2 Å². The summed E-state index contributed by atoms with van der Waals surface area (Å²) < 4.78 is 9.38. The summed E-state index contributed by atoms with van der Waals surface area (Å²) in [5.74, 6) is 1.09. The van der Waals surface area contributed by atoms with Crippen LogP contribution in [0.15, 0.2) is 30.6 Å². The van der Waals surface area contributed by atoms with Gasteiger partial charge in [0.2, 0.25) is 5.91 Å². The molecule has 1 atom stereocenters. The number of anilines is 2. The summed E-state index contributed by atoms with van der Waals surface area (Å²) in [6, 6.07) is 9.07. The molecule has 174 valence electrons. The molecule has 1 amide bonds. The predicted octanol–water partition coefficient (Wildman–Crippen LogP) is 2.91. The number of carbonyl (C=O) groups is 1. The summed E-state index contributed by atoms with van der Waals surface area (Å²) in [6.07, 6.45) is 5.10. The smallest absolute Gasteiger partial charge is 0.219 e. The monoisotopic (exact) mass is 457 g/mol. The fourth-order valence-electron chi connectivity index (χ4n) is 5.36. The van der Waals surface area contributed by atoms with Crippen molar-refractivity contribution in [2.45, 2.75) is 38.3 Å². The molecule has 5 heterocycles. The normalized spacial score (nSPS) is 19.5. The van der Waals surface area contributed by atoms with Crippen LogP contribution in [0, 0.1) is 11.3 Å². The highest BCUT2D eigenvalue weighted by Crippen LogP contribution is 2.46. The minimum atomic E-state index is 0.0848. The quantitative estimate of drug-likeness (QED) is 0.598. The van der Waals surface area contributed by atoms with Gasteiger partial charge in [-0.1, -0.05) is 6.07 Å². The molecule has 34 heavy (non-hydrogen) atoms. The molecule has 6 rings (SSSR count). The molecule has 0 aliphatic carbocycles. The van der Waals surface area contributed by atoms with Crippen LogP contribution in [0.2, 0.25) is 0 Å². The van der Waals surface area contributed by atoms with E-state index in [4.69, 9.17) is 9.84 Å². The van der Waals surface area contributed by atoms with Crippen LogP contribution in [0.4, 0.5) is 11.5 Å². The molecule has 0 saturated carbocycles. The molecule has 2 aromatic heterocycles. The van der Waals surface area contributed by atoms with E-state index in [2.05, 4.69) is 38.9 Å². The van der Waals surface area contributed by atoms with Crippen LogP contribution < -0.4 is 4.90 Å². The Morgan fingerprint density at radius 1 is 1.29 bits per heavy atom. The van der Waals surface area contributed by atoms with E-state index < -0.39 is 0 Å². The number of ether oxygens (including phenoxy) is 1. The van der Waals surface area contributed by atoms with Gasteiger partial charge in [0.1, 0.15) is 0 Å². The molecule has 1 aromatic carbocycles. The minimum absolute atomic E-state index is 0.0848. The molecule has 1 fully saturated rings. The number of hydrogen-bond acceptors (Lipinski definition) is 6. The molecule has 0 spiro atoms. The molecule has 0 radical (unpaired) electrons. The second-order valence-corrected chi connectivity index (χ2v) is 9.42. The number of aromatic nitrogens is 4. The first-order chi connectivity index (χ1) is 16.5. The van der Waals surface area contributed by atoms with Gasteiger partial charge in [-0.15, -0.1) is 0 Å². The van der Waals surface area contributed by atoms with Crippen molar-refractivity contribution in [1.82, 2.24) is 24.5 Å². The summed E-state index contributed by atoms with van der Waals surface area (Å²) in [5.41, 5.74) is 6.73. The lowest BCUT2D eigenvalue weighted by Gasteiger charge is -2.31. The SMILES string of the molecule is CC(=O)N1CCc2c(c(N3C[C@H](CC#N)c4cc(-c5cnn(C)c5)ccc43)nn2C2COC2)C1. The number of amides is 1. The Morgan fingerprint density at radius 2 is 2.15 bits per heavy atom. The molecular weight excluding hydrogens is 430 g/mol. The first-order valence-corrected chi connectivity index (χ1v) is 11.7. The zero-order chi connectivity index (χ0) is 23.4. The van der Waals surface area contributed by atoms with Crippen molar-refractivity contribution < 1.29 is 9.53 Å². The number of aryl methyl sites for hydroxylation is 1. The summed E-state index contributed by atoms with van der Waals surface area (Å²) in [5, 5.41) is 18.9. The van der Waals surface area contributed by atoms with E-state index in [1.165, 1.54) is 5.69 Å². The highest BCUT2D eigenvalue weighted by Gasteiger charge is 2.37. The van der Waals surface area contributed by atoms with Gasteiger partial charge in [-0.05, 0) is 23.3 Å². The maximum Gasteiger partial charge on any atom is 0.219 e. The van der Waals surface area contributed by atoms with Gasteiger partial charge >= 0.3 is 0 Å². The Labute approximate surface area is 198 Å². The Hall–Kier alpha value is -3.64. The standard InChI is InChI=1S/C25H27N7O2/c1-16(33)30-8-6-24-22(13-30)25(28-32(24)20-14-34-15-20)31-12-18(5-7-26)21-9-17(3-4-23(21)31)19-10-27-29(2)11-19/h3-4,9-11,18,20H,5-6,8,12-15H2,1-2H3/t18-/m0/s1. The molecule has 0 bridgehead atoms. The number of hydrogen-bond donors (Lipinski definition) is 0. The van der Waals surface area contributed by atoms with Gasteiger partial charge in [0.25, 0.3) is 0 Å². The third kappa shape index (κ3) is 3.29. The van der Waals surface area contributed by atoms with Gasteiger partial charge in [-0.25, -0.2) is 0 Å². The van der Waals surface area contributed by atoms with E-state index in [1.807, 2.05) is 24.3 Å². The van der Waals surface area contributed by atoms with E-state index in [0.29, 0.717) is 39.3 Å². The van der Waals surface area contributed by atoms with Crippen molar-refractivity contribution in [2.24, 2.45) is 7.05 Å². The van der Waals surface area contributed by atoms with Gasteiger partial charge < -0.3 is 14.5 Å². The molecule has 3 aliphatic heterocycles. The van der Waals surface area contributed by atoms with Crippen LogP contribution in [-0.4, -0.2) is 56.7 Å². The van der Waals surface area contributed by atoms with Crippen molar-refractivity contribution in [1.29, 1.82) is 5.26 Å². The van der Waals surface area contributed by atoms with Gasteiger partial charge in [0, 0.05) is 74.5 Å². The van der Waals surface area contributed by atoms with Crippen LogP contribution in [0.5, 0.6) is 0 Å². The third-order valence-corrected chi connectivity index (χ3v) is 7.27. The molecule has 9 nitrogen and oxygen atoms in total. The molecule has 1 saturated heterocycles. The van der Waals surface area contributed by atoms with Crippen LogP contribution in [0.1, 0.15) is 42.1 Å². The molecular formula is C25H27N7O2. The molecule has 0 unspecified atom stereocenters. The third-order valence-electron chi connectivity index (χ3n) is 7.27. The Morgan fingerprint density at radius 3 is 2.82 bits per heavy atom. The van der Waals surface area contributed by atoms with Crippen LogP contribution >= 0.6 is 0 Å². The maximum absolute atomic E-state index is 12.2. The van der Waals surface area contributed by atoms with E-state index >= 15 is 0 Å². The van der Waals surface area contributed by atoms with Crippen molar-refractivity contribution in [3.63, 3.8) is 0 Å². The maximum atomic E-state index is 12.2. The second kappa shape index (κ2) is 7.99. The van der Waals surface area contributed by atoms with Crippen LogP contribution in [0.3, 0.4) is 0 Å². The number of nitriles is 1. The Balaban J connectivity index is 1.44. The lowest BCUT2D eigenvalue weighted by atomic mass is 9.95. The molecule has 0 N–H and O–H groups in total. The number of benzene rings is 1. The molecule has 9 heteroatoms. The van der Waals surface area contributed by atoms with Crippen molar-refractivity contribution in [3.05, 3.63) is 47.4 Å². The summed E-state index contributed by atoms with van der Waals surface area (Å²) in [6.45, 7) is 4.95. The van der Waals surface area contributed by atoms with E-state index in [9.17, 15) is 10.1 Å². The fraction of sp³-hybridized carbons (Fsp3) is 0.440. The van der Waals surface area contributed by atoms with Crippen LogP contribution in [0.25, 0.3) is 11.1 Å². The van der Waals surface area contributed by atoms with Crippen molar-refractivity contribution in [2.75, 3.05) is 31.2 Å². The number of nitrogens with zero attached hydrogens (tertiary/aromatic N) is 7. The Bertz CT molecular complexity index is 1310. The number of carbonyl (C=O) groups excluding carboxylic acids is 1. The number of rotatable bonds is 4. The van der Waals surface area contributed by atoms with Crippen LogP contribution in [-0.2, 0) is 29.5 Å². The Kier molecular flexibility index (Phi) is 4.92. The van der Waals surface area contributed by atoms with E-state index in [0.717, 1.165) is 40.2 Å². The zero-order valence-corrected chi connectivity index (χ0v) is 19.4. The van der Waals surface area contributed by atoms with Crippen molar-refractivity contribution >= 4 is 17.4 Å². The summed E-state index contributed by atoms with van der Waals surface area (Å²) >= 11 is 0. The van der Waals surface area contributed by atoms with Gasteiger partial charge in [0.05, 0.1) is 38.1 Å². The number of fused-ring (bicyclic) bond motifs is 2. The summed E-state index contributed by atoms with van der Waals surface area (Å²) in [4.78, 5) is 16.3. The lowest BCUT2D eigenvalue weighted by Crippen LogP contribution is -2.37. The fourth-order valence-corrected chi connectivity index (χ4v) is 5.36. The van der Waals surface area contributed by atoms with E-state index in [1.54, 1.807) is 11.6 Å². The van der Waals surface area contributed by atoms with Gasteiger partial charge in [0.15, 0.2) is 5.82 Å². The minimum Gasteiger partial charge on any atom is -0.377 e. The second-order valence-electron chi connectivity index (χ2n) is 9.42. The lowest BCUT2D eigenvalue weighted by molar-refractivity contribution is -0.129. The average Bonchev–Trinajstić information content (AvgIpc) is 3.48. The highest BCUT2D eigenvalue weighted by atomic mass is 16.5. The summed E-state index contributed by atoms with van der Waals surface area (Å²) in [7, 11) is 1.91. The largest absolute Gasteiger partial charge is 0.377 e.